The van der Waals surface area contributed by atoms with Crippen molar-refractivity contribution in [2.75, 3.05) is 19.6 Å². The van der Waals surface area contributed by atoms with Crippen LogP contribution in [0.5, 0.6) is 0 Å². The molecule has 3 fully saturated rings. The molecule has 0 aromatic heterocycles. The lowest BCUT2D eigenvalue weighted by Gasteiger charge is -2.37. The third kappa shape index (κ3) is 5.14. The predicted octanol–water partition coefficient (Wildman–Crippen LogP) is 4.84. The average molecular weight is 500 g/mol. The molecule has 1 saturated carbocycles. The van der Waals surface area contributed by atoms with Gasteiger partial charge in [0.1, 0.15) is 0 Å². The molecule has 36 heavy (non-hydrogen) atoms. The molecule has 2 atom stereocenters. The summed E-state index contributed by atoms with van der Waals surface area (Å²) < 4.78 is 38.8. The highest BCUT2D eigenvalue weighted by molar-refractivity contribution is 5.96. The lowest BCUT2D eigenvalue weighted by atomic mass is 9.81. The van der Waals surface area contributed by atoms with E-state index in [1.165, 1.54) is 43.4 Å². The van der Waals surface area contributed by atoms with Gasteiger partial charge < -0.3 is 10.2 Å². The molecule has 2 heterocycles. The fraction of sp³-hybridized carbons (Fsp3) is 0.500. The number of benzene rings is 2. The maximum absolute atomic E-state index is 12.9. The van der Waals surface area contributed by atoms with Crippen molar-refractivity contribution >= 4 is 11.8 Å². The molecular weight excluding hydrogens is 467 g/mol. The van der Waals surface area contributed by atoms with E-state index in [1.807, 2.05) is 4.90 Å². The zero-order valence-electron chi connectivity index (χ0n) is 20.2. The molecular formula is C28H32F3N3O2. The van der Waals surface area contributed by atoms with Crippen LogP contribution >= 0.6 is 0 Å². The molecule has 0 unspecified atom stereocenters. The SMILES string of the molecule is O=C(NCC(=O)N1CC[C@H]2[C@@H]1CCN2C1CCC(c2ccccc2)CC1)c1cccc(C(F)(F)F)c1. The number of carbonyl (C=O) groups excluding carboxylic acids is 2. The Hall–Kier alpha value is -2.87. The minimum absolute atomic E-state index is 0.102. The smallest absolute Gasteiger partial charge is 0.343 e. The summed E-state index contributed by atoms with van der Waals surface area (Å²) in [5, 5.41) is 2.52. The zero-order valence-corrected chi connectivity index (χ0v) is 20.2. The van der Waals surface area contributed by atoms with Crippen LogP contribution in [0, 0.1) is 0 Å². The molecule has 2 amide bonds. The largest absolute Gasteiger partial charge is 0.416 e. The van der Waals surface area contributed by atoms with E-state index in [0.29, 0.717) is 24.5 Å². The lowest BCUT2D eigenvalue weighted by Crippen LogP contribution is -2.46. The van der Waals surface area contributed by atoms with Gasteiger partial charge in [-0.1, -0.05) is 36.4 Å². The van der Waals surface area contributed by atoms with E-state index in [-0.39, 0.29) is 24.1 Å². The van der Waals surface area contributed by atoms with E-state index in [4.69, 9.17) is 0 Å². The zero-order chi connectivity index (χ0) is 25.3. The van der Waals surface area contributed by atoms with E-state index in [9.17, 15) is 22.8 Å². The van der Waals surface area contributed by atoms with Gasteiger partial charge in [-0.05, 0) is 68.2 Å². The molecule has 192 valence electrons. The Morgan fingerprint density at radius 2 is 1.58 bits per heavy atom. The summed E-state index contributed by atoms with van der Waals surface area (Å²) in [7, 11) is 0. The molecule has 2 aliphatic heterocycles. The van der Waals surface area contributed by atoms with E-state index >= 15 is 0 Å². The molecule has 5 rings (SSSR count). The van der Waals surface area contributed by atoms with Crippen LogP contribution in [-0.4, -0.2) is 59.4 Å². The molecule has 2 aromatic rings. The molecule has 1 aliphatic carbocycles. The van der Waals surface area contributed by atoms with Crippen molar-refractivity contribution in [2.24, 2.45) is 0 Å². The summed E-state index contributed by atoms with van der Waals surface area (Å²) in [6, 6.07) is 16.0. The number of rotatable bonds is 5. The predicted molar refractivity (Wildman–Crippen MR) is 130 cm³/mol. The van der Waals surface area contributed by atoms with Gasteiger partial charge >= 0.3 is 6.18 Å². The lowest BCUT2D eigenvalue weighted by molar-refractivity contribution is -0.137. The highest BCUT2D eigenvalue weighted by Gasteiger charge is 2.46. The Morgan fingerprint density at radius 1 is 0.861 bits per heavy atom. The highest BCUT2D eigenvalue weighted by Crippen LogP contribution is 2.40. The topological polar surface area (TPSA) is 52.7 Å². The summed E-state index contributed by atoms with van der Waals surface area (Å²) in [6.07, 6.45) is 2.05. The maximum atomic E-state index is 12.9. The first-order chi connectivity index (χ1) is 17.3. The van der Waals surface area contributed by atoms with Gasteiger partial charge in [0, 0.05) is 36.8 Å². The van der Waals surface area contributed by atoms with Crippen LogP contribution < -0.4 is 5.32 Å². The molecule has 1 N–H and O–H groups in total. The Kier molecular flexibility index (Phi) is 7.06. The summed E-state index contributed by atoms with van der Waals surface area (Å²) in [5.41, 5.74) is 0.447. The molecule has 5 nitrogen and oxygen atoms in total. The van der Waals surface area contributed by atoms with Crippen molar-refractivity contribution in [1.82, 2.24) is 15.1 Å². The van der Waals surface area contributed by atoms with Crippen LogP contribution in [0.25, 0.3) is 0 Å². The second-order valence-corrected chi connectivity index (χ2v) is 10.2. The van der Waals surface area contributed by atoms with Gasteiger partial charge in [-0.2, -0.15) is 13.2 Å². The van der Waals surface area contributed by atoms with Crippen LogP contribution in [0.3, 0.4) is 0 Å². The average Bonchev–Trinajstić information content (AvgIpc) is 3.50. The van der Waals surface area contributed by atoms with Crippen molar-refractivity contribution < 1.29 is 22.8 Å². The third-order valence-corrected chi connectivity index (χ3v) is 8.23. The first kappa shape index (κ1) is 24.8. The first-order valence-electron chi connectivity index (χ1n) is 12.9. The number of hydrogen-bond donors (Lipinski definition) is 1. The van der Waals surface area contributed by atoms with E-state index in [1.54, 1.807) is 0 Å². The highest BCUT2D eigenvalue weighted by atomic mass is 19.4. The number of nitrogens with one attached hydrogen (secondary N) is 1. The third-order valence-electron chi connectivity index (χ3n) is 8.23. The Labute approximate surface area is 209 Å². The fourth-order valence-electron chi connectivity index (χ4n) is 6.44. The number of alkyl halides is 3. The summed E-state index contributed by atoms with van der Waals surface area (Å²) in [6.45, 7) is 1.43. The Balaban J connectivity index is 1.13. The van der Waals surface area contributed by atoms with Crippen molar-refractivity contribution in [3.8, 4) is 0 Å². The van der Waals surface area contributed by atoms with Crippen molar-refractivity contribution in [1.29, 1.82) is 0 Å². The first-order valence-corrected chi connectivity index (χ1v) is 12.9. The van der Waals surface area contributed by atoms with Crippen molar-refractivity contribution in [3.63, 3.8) is 0 Å². The summed E-state index contributed by atoms with van der Waals surface area (Å²) in [5.74, 6) is -0.214. The minimum atomic E-state index is -4.52. The normalized spacial score (nSPS) is 26.6. The number of carbonyl (C=O) groups is 2. The van der Waals surface area contributed by atoms with Crippen molar-refractivity contribution in [2.45, 2.75) is 68.7 Å². The van der Waals surface area contributed by atoms with Crippen LogP contribution in [0.15, 0.2) is 54.6 Å². The monoisotopic (exact) mass is 499 g/mol. The van der Waals surface area contributed by atoms with Gasteiger partial charge in [0.15, 0.2) is 0 Å². The summed E-state index contributed by atoms with van der Waals surface area (Å²) >= 11 is 0. The van der Waals surface area contributed by atoms with Gasteiger partial charge in [0.25, 0.3) is 5.91 Å². The molecule has 0 radical (unpaired) electrons. The molecule has 2 aromatic carbocycles. The van der Waals surface area contributed by atoms with Gasteiger partial charge in [0.2, 0.25) is 5.91 Å². The maximum Gasteiger partial charge on any atom is 0.416 e. The Morgan fingerprint density at radius 3 is 2.31 bits per heavy atom. The molecule has 2 saturated heterocycles. The van der Waals surface area contributed by atoms with E-state index in [2.05, 4.69) is 40.5 Å². The minimum Gasteiger partial charge on any atom is -0.343 e. The van der Waals surface area contributed by atoms with Crippen LogP contribution in [0.4, 0.5) is 13.2 Å². The number of likely N-dealkylation sites (tertiary alicyclic amines) is 2. The summed E-state index contributed by atoms with van der Waals surface area (Å²) in [4.78, 5) is 29.8. The van der Waals surface area contributed by atoms with E-state index < -0.39 is 17.6 Å². The number of fused-ring (bicyclic) bond motifs is 1. The number of nitrogens with zero attached hydrogens (tertiary/aromatic N) is 2. The number of halogens is 3. The van der Waals surface area contributed by atoms with Crippen LogP contribution in [-0.2, 0) is 11.0 Å². The quantitative estimate of drug-likeness (QED) is 0.641. The van der Waals surface area contributed by atoms with Crippen LogP contribution in [0.2, 0.25) is 0 Å². The number of amides is 2. The molecule has 0 spiro atoms. The number of hydrogen-bond acceptors (Lipinski definition) is 3. The second kappa shape index (κ2) is 10.2. The van der Waals surface area contributed by atoms with Gasteiger partial charge in [-0.15, -0.1) is 0 Å². The van der Waals surface area contributed by atoms with Gasteiger partial charge in [0.05, 0.1) is 12.1 Å². The molecule has 0 bridgehead atoms. The standard InChI is InChI=1S/C28H32F3N3O2/c29-28(30,31)22-8-4-7-21(17-22)27(36)32-18-26(35)34-16-14-24-25(34)13-15-33(24)23-11-9-20(10-12-23)19-5-2-1-3-6-19/h1-8,17,20,23-25H,9-16,18H2,(H,32,36)/t20?,23?,24-,25-/m0/s1. The Bertz CT molecular complexity index is 1080. The molecule has 3 aliphatic rings. The fourth-order valence-corrected chi connectivity index (χ4v) is 6.44. The van der Waals surface area contributed by atoms with Crippen molar-refractivity contribution in [3.05, 3.63) is 71.3 Å². The van der Waals surface area contributed by atoms with Gasteiger partial charge in [-0.3, -0.25) is 14.5 Å². The van der Waals surface area contributed by atoms with E-state index in [0.717, 1.165) is 31.5 Å². The second-order valence-electron chi connectivity index (χ2n) is 10.2. The van der Waals surface area contributed by atoms with Crippen LogP contribution in [0.1, 0.15) is 65.9 Å². The molecule has 8 heteroatoms. The van der Waals surface area contributed by atoms with Gasteiger partial charge in [-0.25, -0.2) is 0 Å².